The van der Waals surface area contributed by atoms with Crippen molar-refractivity contribution in [2.24, 2.45) is 0 Å². The summed E-state index contributed by atoms with van der Waals surface area (Å²) < 4.78 is 0. The number of aryl methyl sites for hydroxylation is 1. The molecule has 6 heteroatoms. The van der Waals surface area contributed by atoms with E-state index in [4.69, 9.17) is 0 Å². The molecule has 0 bridgehead atoms. The van der Waals surface area contributed by atoms with E-state index >= 15 is 0 Å². The minimum absolute atomic E-state index is 0.0633. The maximum absolute atomic E-state index is 12.3. The number of rotatable bonds is 4. The van der Waals surface area contributed by atoms with Gasteiger partial charge in [-0.25, -0.2) is 0 Å². The Bertz CT molecular complexity index is 571. The second kappa shape index (κ2) is 6.03. The summed E-state index contributed by atoms with van der Waals surface area (Å²) in [6, 6.07) is 3.07. The summed E-state index contributed by atoms with van der Waals surface area (Å²) in [5.41, 5.74) is 0.572. The van der Waals surface area contributed by atoms with E-state index in [0.29, 0.717) is 25.1 Å². The predicted molar refractivity (Wildman–Crippen MR) is 77.3 cm³/mol. The summed E-state index contributed by atoms with van der Waals surface area (Å²) in [7, 11) is 1.61. The first-order valence-corrected chi connectivity index (χ1v) is 6.96. The number of nitrogens with zero attached hydrogens (tertiary/aromatic N) is 2. The topological polar surface area (TPSA) is 81.1 Å². The summed E-state index contributed by atoms with van der Waals surface area (Å²) in [4.78, 5) is 27.0. The number of benzene rings is 1. The van der Waals surface area contributed by atoms with Crippen molar-refractivity contribution in [1.29, 1.82) is 0 Å². The lowest BCUT2D eigenvalue weighted by atomic mass is 10.1. The van der Waals surface area contributed by atoms with Gasteiger partial charge < -0.3 is 20.0 Å². The van der Waals surface area contributed by atoms with Gasteiger partial charge in [-0.05, 0) is 25.0 Å². The molecule has 2 rings (SSSR count). The number of aromatic hydroxyl groups is 2. The molecule has 0 aliphatic carbocycles. The Hall–Kier alpha value is -2.24. The Morgan fingerprint density at radius 3 is 2.67 bits per heavy atom. The SMILES string of the molecule is Cc1ccc(C(=O)N(C)CCN2CCCC2=O)c(O)c1O. The molecule has 0 unspecified atom stereocenters. The highest BCUT2D eigenvalue weighted by Gasteiger charge is 2.23. The fourth-order valence-corrected chi connectivity index (χ4v) is 2.37. The van der Waals surface area contributed by atoms with E-state index in [2.05, 4.69) is 0 Å². The number of likely N-dealkylation sites (N-methyl/N-ethyl adjacent to an activating group) is 1. The zero-order valence-corrected chi connectivity index (χ0v) is 12.3. The van der Waals surface area contributed by atoms with Crippen molar-refractivity contribution < 1.29 is 19.8 Å². The number of hydrogen-bond donors (Lipinski definition) is 2. The number of carbonyl (C=O) groups is 2. The zero-order chi connectivity index (χ0) is 15.6. The third kappa shape index (κ3) is 3.09. The molecule has 21 heavy (non-hydrogen) atoms. The smallest absolute Gasteiger partial charge is 0.257 e. The Kier molecular flexibility index (Phi) is 4.35. The molecule has 1 heterocycles. The third-order valence-corrected chi connectivity index (χ3v) is 3.81. The van der Waals surface area contributed by atoms with Crippen molar-refractivity contribution in [3.8, 4) is 11.5 Å². The highest BCUT2D eigenvalue weighted by atomic mass is 16.3. The van der Waals surface area contributed by atoms with Gasteiger partial charge in [0.25, 0.3) is 5.91 Å². The predicted octanol–water partition coefficient (Wildman–Crippen LogP) is 1.10. The van der Waals surface area contributed by atoms with Crippen LogP contribution in [0.2, 0.25) is 0 Å². The highest BCUT2D eigenvalue weighted by molar-refractivity contribution is 5.97. The molecule has 6 nitrogen and oxygen atoms in total. The van der Waals surface area contributed by atoms with E-state index < -0.39 is 5.75 Å². The summed E-state index contributed by atoms with van der Waals surface area (Å²) in [5.74, 6) is -0.936. The van der Waals surface area contributed by atoms with E-state index in [1.54, 1.807) is 24.9 Å². The molecule has 0 spiro atoms. The van der Waals surface area contributed by atoms with E-state index in [0.717, 1.165) is 13.0 Å². The van der Waals surface area contributed by atoms with Crippen molar-refractivity contribution in [2.45, 2.75) is 19.8 Å². The molecule has 1 fully saturated rings. The molecule has 1 aromatic rings. The fourth-order valence-electron chi connectivity index (χ4n) is 2.37. The van der Waals surface area contributed by atoms with Crippen molar-refractivity contribution in [1.82, 2.24) is 9.80 Å². The van der Waals surface area contributed by atoms with Crippen molar-refractivity contribution in [2.75, 3.05) is 26.7 Å². The lowest BCUT2D eigenvalue weighted by Gasteiger charge is -2.22. The molecule has 0 saturated carbocycles. The Morgan fingerprint density at radius 2 is 2.05 bits per heavy atom. The molecular weight excluding hydrogens is 272 g/mol. The van der Waals surface area contributed by atoms with Crippen LogP contribution in [-0.4, -0.2) is 58.5 Å². The number of likely N-dealkylation sites (tertiary alicyclic amines) is 1. The molecular formula is C15H20N2O4. The van der Waals surface area contributed by atoms with Crippen LogP contribution in [0.1, 0.15) is 28.8 Å². The van der Waals surface area contributed by atoms with Crippen LogP contribution in [0.3, 0.4) is 0 Å². The average molecular weight is 292 g/mol. The van der Waals surface area contributed by atoms with E-state index in [9.17, 15) is 19.8 Å². The quantitative estimate of drug-likeness (QED) is 0.814. The summed E-state index contributed by atoms with van der Waals surface area (Å²) in [6.07, 6.45) is 1.44. The first kappa shape index (κ1) is 15.2. The van der Waals surface area contributed by atoms with E-state index in [-0.39, 0.29) is 23.1 Å². The second-order valence-corrected chi connectivity index (χ2v) is 5.34. The second-order valence-electron chi connectivity index (χ2n) is 5.34. The summed E-state index contributed by atoms with van der Waals surface area (Å²) in [6.45, 7) is 3.25. The molecule has 0 atom stereocenters. The number of hydrogen-bond acceptors (Lipinski definition) is 4. The van der Waals surface area contributed by atoms with Gasteiger partial charge >= 0.3 is 0 Å². The zero-order valence-electron chi connectivity index (χ0n) is 12.3. The Morgan fingerprint density at radius 1 is 1.33 bits per heavy atom. The minimum atomic E-state index is -0.399. The first-order chi connectivity index (χ1) is 9.91. The van der Waals surface area contributed by atoms with Crippen LogP contribution >= 0.6 is 0 Å². The van der Waals surface area contributed by atoms with Gasteiger partial charge in [0.05, 0.1) is 5.56 Å². The average Bonchev–Trinajstić information content (AvgIpc) is 2.87. The van der Waals surface area contributed by atoms with Gasteiger partial charge in [0.1, 0.15) is 0 Å². The van der Waals surface area contributed by atoms with Crippen LogP contribution in [0.25, 0.3) is 0 Å². The third-order valence-electron chi connectivity index (χ3n) is 3.81. The van der Waals surface area contributed by atoms with Crippen molar-refractivity contribution in [3.63, 3.8) is 0 Å². The Balaban J connectivity index is 2.02. The lowest BCUT2D eigenvalue weighted by molar-refractivity contribution is -0.127. The summed E-state index contributed by atoms with van der Waals surface area (Å²) >= 11 is 0. The number of amides is 2. The van der Waals surface area contributed by atoms with Crippen LogP contribution in [-0.2, 0) is 4.79 Å². The van der Waals surface area contributed by atoms with Crippen molar-refractivity contribution >= 4 is 11.8 Å². The van der Waals surface area contributed by atoms with E-state index in [1.807, 2.05) is 0 Å². The Labute approximate surface area is 123 Å². The van der Waals surface area contributed by atoms with Crippen molar-refractivity contribution in [3.05, 3.63) is 23.3 Å². The molecule has 114 valence electrons. The monoisotopic (exact) mass is 292 g/mol. The molecule has 0 radical (unpaired) electrons. The van der Waals surface area contributed by atoms with Gasteiger partial charge in [-0.2, -0.15) is 0 Å². The van der Waals surface area contributed by atoms with Gasteiger partial charge in [0.15, 0.2) is 11.5 Å². The van der Waals surface area contributed by atoms with Gasteiger partial charge in [0, 0.05) is 33.1 Å². The number of carbonyl (C=O) groups excluding carboxylic acids is 2. The molecule has 2 N–H and O–H groups in total. The van der Waals surface area contributed by atoms with Crippen LogP contribution in [0, 0.1) is 6.92 Å². The van der Waals surface area contributed by atoms with Crippen LogP contribution in [0.15, 0.2) is 12.1 Å². The number of phenolic OH excluding ortho intramolecular Hbond substituents is 2. The first-order valence-electron chi connectivity index (χ1n) is 6.96. The number of phenols is 2. The van der Waals surface area contributed by atoms with Gasteiger partial charge in [-0.1, -0.05) is 6.07 Å². The highest BCUT2D eigenvalue weighted by Crippen LogP contribution is 2.32. The van der Waals surface area contributed by atoms with Crippen LogP contribution in [0.4, 0.5) is 0 Å². The standard InChI is InChI=1S/C15H20N2O4/c1-10-5-6-11(14(20)13(10)19)15(21)16(2)8-9-17-7-3-4-12(17)18/h5-6,19-20H,3-4,7-9H2,1-2H3. The molecule has 1 aliphatic rings. The normalized spacial score (nSPS) is 14.6. The van der Waals surface area contributed by atoms with Gasteiger partial charge in [0.2, 0.25) is 5.91 Å². The van der Waals surface area contributed by atoms with Gasteiger partial charge in [-0.15, -0.1) is 0 Å². The molecule has 0 aromatic heterocycles. The molecule has 2 amide bonds. The maximum Gasteiger partial charge on any atom is 0.257 e. The maximum atomic E-state index is 12.3. The summed E-state index contributed by atoms with van der Waals surface area (Å²) in [5, 5.41) is 19.5. The van der Waals surface area contributed by atoms with Crippen LogP contribution in [0.5, 0.6) is 11.5 Å². The fraction of sp³-hybridized carbons (Fsp3) is 0.467. The molecule has 1 aliphatic heterocycles. The van der Waals surface area contributed by atoms with Gasteiger partial charge in [-0.3, -0.25) is 9.59 Å². The largest absolute Gasteiger partial charge is 0.504 e. The molecule has 1 aromatic carbocycles. The lowest BCUT2D eigenvalue weighted by Crippen LogP contribution is -2.36. The van der Waals surface area contributed by atoms with E-state index in [1.165, 1.54) is 11.0 Å². The molecule has 1 saturated heterocycles. The van der Waals surface area contributed by atoms with Crippen LogP contribution < -0.4 is 0 Å². The minimum Gasteiger partial charge on any atom is -0.504 e.